The molecule has 0 bridgehead atoms. The van der Waals surface area contributed by atoms with Gasteiger partial charge in [0.25, 0.3) is 5.91 Å². The summed E-state index contributed by atoms with van der Waals surface area (Å²) in [5.74, 6) is 1.000. The van der Waals surface area contributed by atoms with Crippen molar-refractivity contribution in [3.8, 4) is 0 Å². The molecule has 1 atom stereocenters. The minimum absolute atomic E-state index is 0.261. The Morgan fingerprint density at radius 3 is 2.93 bits per heavy atom. The number of thiophene rings is 1. The maximum atomic E-state index is 13.1. The number of carbonyl (C=O) groups excluding carboxylic acids is 1. The van der Waals surface area contributed by atoms with Crippen LogP contribution in [0.4, 0.5) is 0 Å². The highest BCUT2D eigenvalue weighted by Gasteiger charge is 2.27. The quantitative estimate of drug-likeness (QED) is 0.761. The first-order valence-corrected chi connectivity index (χ1v) is 11.6. The zero-order chi connectivity index (χ0) is 19.5. The fraction of sp³-hybridized carbons (Fsp3) is 0.565. The summed E-state index contributed by atoms with van der Waals surface area (Å²) in [5.41, 5.74) is 4.69. The Bertz CT molecular complexity index is 814. The summed E-state index contributed by atoms with van der Waals surface area (Å²) in [4.78, 5) is 23.7. The number of rotatable bonds is 4. The molecule has 0 aromatic carbocycles. The summed E-state index contributed by atoms with van der Waals surface area (Å²) < 4.78 is 0. The molecule has 2 aromatic rings. The molecule has 4 nitrogen and oxygen atoms in total. The molecule has 1 saturated heterocycles. The van der Waals surface area contributed by atoms with E-state index in [-0.39, 0.29) is 5.91 Å². The zero-order valence-corrected chi connectivity index (χ0v) is 17.9. The van der Waals surface area contributed by atoms with E-state index in [0.29, 0.717) is 0 Å². The number of pyridine rings is 1. The first-order chi connectivity index (χ1) is 13.6. The lowest BCUT2D eigenvalue weighted by Gasteiger charge is -2.27. The second-order valence-corrected chi connectivity index (χ2v) is 9.32. The van der Waals surface area contributed by atoms with Gasteiger partial charge in [0, 0.05) is 49.2 Å². The average Bonchev–Trinajstić information content (AvgIpc) is 3.01. The Balaban J connectivity index is 1.42. The number of hydrogen-bond acceptors (Lipinski definition) is 4. The van der Waals surface area contributed by atoms with Crippen LogP contribution in [0.3, 0.4) is 0 Å². The molecule has 0 aliphatic carbocycles. The van der Waals surface area contributed by atoms with Gasteiger partial charge >= 0.3 is 0 Å². The zero-order valence-electron chi connectivity index (χ0n) is 17.1. The van der Waals surface area contributed by atoms with Crippen LogP contribution in [0.5, 0.6) is 0 Å². The molecule has 2 aliphatic rings. The lowest BCUT2D eigenvalue weighted by atomic mass is 10.0. The molecule has 0 radical (unpaired) electrons. The van der Waals surface area contributed by atoms with Gasteiger partial charge in [-0.1, -0.05) is 19.9 Å². The summed E-state index contributed by atoms with van der Waals surface area (Å²) >= 11 is 1.76. The van der Waals surface area contributed by atoms with E-state index in [0.717, 1.165) is 75.6 Å². The molecule has 4 rings (SSSR count). The van der Waals surface area contributed by atoms with Crippen molar-refractivity contribution in [2.75, 3.05) is 19.6 Å². The molecule has 150 valence electrons. The van der Waals surface area contributed by atoms with Crippen molar-refractivity contribution >= 4 is 17.2 Å². The van der Waals surface area contributed by atoms with Gasteiger partial charge in [0.2, 0.25) is 0 Å². The topological polar surface area (TPSA) is 36.4 Å². The van der Waals surface area contributed by atoms with Crippen molar-refractivity contribution in [2.45, 2.75) is 59.0 Å². The number of aryl methyl sites for hydroxylation is 1. The Labute approximate surface area is 172 Å². The van der Waals surface area contributed by atoms with Gasteiger partial charge in [-0.2, -0.15) is 0 Å². The number of likely N-dealkylation sites (tertiary alicyclic amines) is 1. The summed E-state index contributed by atoms with van der Waals surface area (Å²) in [6.07, 6.45) is 7.51. The van der Waals surface area contributed by atoms with Crippen molar-refractivity contribution in [3.63, 3.8) is 0 Å². The molecule has 0 saturated carbocycles. The van der Waals surface area contributed by atoms with Crippen molar-refractivity contribution in [3.05, 3.63) is 51.0 Å². The van der Waals surface area contributed by atoms with Gasteiger partial charge in [0.15, 0.2) is 0 Å². The molecule has 0 N–H and O–H groups in total. The molecule has 2 aliphatic heterocycles. The van der Waals surface area contributed by atoms with Crippen molar-refractivity contribution in [2.24, 2.45) is 5.92 Å². The van der Waals surface area contributed by atoms with Crippen LogP contribution in [0.25, 0.3) is 0 Å². The molecule has 0 spiro atoms. The first-order valence-electron chi connectivity index (χ1n) is 10.7. The molecule has 28 heavy (non-hydrogen) atoms. The summed E-state index contributed by atoms with van der Waals surface area (Å²) in [6.45, 7) is 9.11. The third-order valence-electron chi connectivity index (χ3n) is 6.24. The van der Waals surface area contributed by atoms with E-state index in [9.17, 15) is 4.79 Å². The van der Waals surface area contributed by atoms with Crippen LogP contribution in [0.1, 0.15) is 65.2 Å². The van der Waals surface area contributed by atoms with Crippen LogP contribution < -0.4 is 0 Å². The normalized spacial score (nSPS) is 20.6. The number of amides is 1. The minimum atomic E-state index is 0.261. The SMILES string of the molecule is CCc1ccc(CN2CCc3c(C(=O)N4CCCC(C)CC4)csc3C2)nc1. The Morgan fingerprint density at radius 2 is 2.14 bits per heavy atom. The van der Waals surface area contributed by atoms with Crippen molar-refractivity contribution in [1.29, 1.82) is 0 Å². The highest BCUT2D eigenvalue weighted by Crippen LogP contribution is 2.31. The molecule has 1 amide bonds. The van der Waals surface area contributed by atoms with Gasteiger partial charge in [-0.05, 0) is 55.2 Å². The van der Waals surface area contributed by atoms with Gasteiger partial charge in [0.05, 0.1) is 11.3 Å². The maximum absolute atomic E-state index is 13.1. The molecule has 2 aromatic heterocycles. The Morgan fingerprint density at radius 1 is 1.25 bits per heavy atom. The van der Waals surface area contributed by atoms with Crippen LogP contribution in [0.15, 0.2) is 23.7 Å². The Kier molecular flexibility index (Phi) is 6.12. The fourth-order valence-corrected chi connectivity index (χ4v) is 5.43. The first kappa shape index (κ1) is 19.6. The number of hydrogen-bond donors (Lipinski definition) is 0. The fourth-order valence-electron chi connectivity index (χ4n) is 4.32. The van der Waals surface area contributed by atoms with E-state index in [1.165, 1.54) is 22.4 Å². The van der Waals surface area contributed by atoms with Crippen molar-refractivity contribution in [1.82, 2.24) is 14.8 Å². The van der Waals surface area contributed by atoms with E-state index < -0.39 is 0 Å². The lowest BCUT2D eigenvalue weighted by molar-refractivity contribution is 0.0759. The highest BCUT2D eigenvalue weighted by molar-refractivity contribution is 7.10. The molecule has 1 unspecified atom stereocenters. The minimum Gasteiger partial charge on any atom is -0.339 e. The van der Waals surface area contributed by atoms with E-state index in [2.05, 4.69) is 46.1 Å². The molecular formula is C23H31N3OS. The van der Waals surface area contributed by atoms with Crippen LogP contribution in [0, 0.1) is 5.92 Å². The van der Waals surface area contributed by atoms with Gasteiger partial charge in [-0.15, -0.1) is 11.3 Å². The predicted molar refractivity (Wildman–Crippen MR) is 115 cm³/mol. The van der Waals surface area contributed by atoms with Crippen molar-refractivity contribution < 1.29 is 4.79 Å². The van der Waals surface area contributed by atoms with E-state index >= 15 is 0 Å². The third kappa shape index (κ3) is 4.31. The highest BCUT2D eigenvalue weighted by atomic mass is 32.1. The average molecular weight is 398 g/mol. The number of aromatic nitrogens is 1. The summed E-state index contributed by atoms with van der Waals surface area (Å²) in [6, 6.07) is 4.33. The molecular weight excluding hydrogens is 366 g/mol. The second kappa shape index (κ2) is 8.75. The monoisotopic (exact) mass is 397 g/mol. The molecule has 4 heterocycles. The molecule has 1 fully saturated rings. The van der Waals surface area contributed by atoms with Gasteiger partial charge < -0.3 is 4.90 Å². The summed E-state index contributed by atoms with van der Waals surface area (Å²) in [7, 11) is 0. The Hall–Kier alpha value is -1.72. The number of carbonyl (C=O) groups is 1. The van der Waals surface area contributed by atoms with E-state index in [4.69, 9.17) is 0 Å². The smallest absolute Gasteiger partial charge is 0.254 e. The van der Waals surface area contributed by atoms with Gasteiger partial charge in [0.1, 0.15) is 0 Å². The second-order valence-electron chi connectivity index (χ2n) is 8.35. The standard InChI is InChI=1S/C23H31N3OS/c1-3-18-6-7-19(24-13-18)14-25-11-9-20-21(16-28-22(20)15-25)23(27)26-10-4-5-17(2)8-12-26/h6-7,13,16-17H,3-5,8-12,14-15H2,1-2H3. The van der Waals surface area contributed by atoms with Crippen LogP contribution in [-0.4, -0.2) is 40.3 Å². The van der Waals surface area contributed by atoms with Gasteiger partial charge in [-0.3, -0.25) is 14.7 Å². The predicted octanol–water partition coefficient (Wildman–Crippen LogP) is 4.53. The van der Waals surface area contributed by atoms with Gasteiger partial charge in [-0.25, -0.2) is 0 Å². The van der Waals surface area contributed by atoms with E-state index in [1.54, 1.807) is 11.3 Å². The number of nitrogens with zero attached hydrogens (tertiary/aromatic N) is 3. The maximum Gasteiger partial charge on any atom is 0.254 e. The third-order valence-corrected chi connectivity index (χ3v) is 7.25. The van der Waals surface area contributed by atoms with Crippen LogP contribution in [-0.2, 0) is 25.9 Å². The molecule has 5 heteroatoms. The number of fused-ring (bicyclic) bond motifs is 1. The largest absolute Gasteiger partial charge is 0.339 e. The lowest BCUT2D eigenvalue weighted by Crippen LogP contribution is -2.34. The van der Waals surface area contributed by atoms with E-state index in [1.807, 2.05) is 6.20 Å². The van der Waals surface area contributed by atoms with Crippen LogP contribution in [0.2, 0.25) is 0 Å². The van der Waals surface area contributed by atoms with Crippen LogP contribution >= 0.6 is 11.3 Å². The summed E-state index contributed by atoms with van der Waals surface area (Å²) in [5, 5.41) is 2.11.